The van der Waals surface area contributed by atoms with Crippen molar-refractivity contribution in [1.29, 1.82) is 0 Å². The van der Waals surface area contributed by atoms with Crippen LogP contribution in [0.4, 0.5) is 0 Å². The van der Waals surface area contributed by atoms with Crippen molar-refractivity contribution in [2.75, 3.05) is 12.4 Å². The van der Waals surface area contributed by atoms with Crippen LogP contribution in [0.15, 0.2) is 68.7 Å². The van der Waals surface area contributed by atoms with Crippen LogP contribution in [-0.2, 0) is 4.79 Å². The molecule has 158 valence electrons. The SMILES string of the molecule is C[C@@H](NC(=O)CSc1nnc([C@@H]2COc3ccccc3O2)o1)c1cc2ccccc2o1. The summed E-state index contributed by atoms with van der Waals surface area (Å²) in [5, 5.41) is 12.3. The van der Waals surface area contributed by atoms with E-state index in [1.165, 1.54) is 0 Å². The first-order valence-electron chi connectivity index (χ1n) is 9.78. The van der Waals surface area contributed by atoms with Gasteiger partial charge in [0.1, 0.15) is 18.0 Å². The molecule has 0 saturated carbocycles. The highest BCUT2D eigenvalue weighted by Crippen LogP contribution is 2.36. The molecule has 0 aliphatic carbocycles. The molecule has 1 amide bonds. The van der Waals surface area contributed by atoms with Gasteiger partial charge in [-0.2, -0.15) is 0 Å². The highest BCUT2D eigenvalue weighted by Gasteiger charge is 2.27. The normalized spacial score (nSPS) is 16.2. The number of hydrogen-bond acceptors (Lipinski definition) is 8. The summed E-state index contributed by atoms with van der Waals surface area (Å²) >= 11 is 1.16. The van der Waals surface area contributed by atoms with Crippen molar-refractivity contribution in [1.82, 2.24) is 15.5 Å². The molecule has 0 spiro atoms. The van der Waals surface area contributed by atoms with Gasteiger partial charge in [0.25, 0.3) is 11.1 Å². The lowest BCUT2D eigenvalue weighted by Gasteiger charge is -2.23. The van der Waals surface area contributed by atoms with Gasteiger partial charge in [0, 0.05) is 5.39 Å². The molecule has 0 saturated heterocycles. The van der Waals surface area contributed by atoms with E-state index in [1.807, 2.05) is 61.5 Å². The molecule has 8 nitrogen and oxygen atoms in total. The van der Waals surface area contributed by atoms with Gasteiger partial charge >= 0.3 is 0 Å². The second-order valence-electron chi connectivity index (χ2n) is 7.03. The zero-order valence-corrected chi connectivity index (χ0v) is 17.4. The Morgan fingerprint density at radius 3 is 2.81 bits per heavy atom. The molecule has 1 N–H and O–H groups in total. The smallest absolute Gasteiger partial charge is 0.277 e. The van der Waals surface area contributed by atoms with Crippen molar-refractivity contribution in [2.45, 2.75) is 24.3 Å². The topological polar surface area (TPSA) is 99.6 Å². The van der Waals surface area contributed by atoms with Crippen LogP contribution < -0.4 is 14.8 Å². The first kappa shape index (κ1) is 19.5. The number of carbonyl (C=O) groups excluding carboxylic acids is 1. The molecule has 4 aromatic rings. The van der Waals surface area contributed by atoms with E-state index in [0.717, 1.165) is 22.7 Å². The fraction of sp³-hybridized carbons (Fsp3) is 0.227. The fourth-order valence-electron chi connectivity index (χ4n) is 3.25. The molecule has 2 aromatic heterocycles. The molecule has 0 fully saturated rings. The van der Waals surface area contributed by atoms with Crippen LogP contribution in [0.25, 0.3) is 11.0 Å². The minimum Gasteiger partial charge on any atom is -0.485 e. The molecule has 5 rings (SSSR count). The monoisotopic (exact) mass is 437 g/mol. The summed E-state index contributed by atoms with van der Waals surface area (Å²) in [6, 6.07) is 16.8. The number of nitrogens with one attached hydrogen (secondary N) is 1. The first-order valence-corrected chi connectivity index (χ1v) is 10.8. The quantitative estimate of drug-likeness (QED) is 0.446. The molecule has 1 aliphatic heterocycles. The van der Waals surface area contributed by atoms with Gasteiger partial charge in [-0.25, -0.2) is 0 Å². The number of hydrogen-bond donors (Lipinski definition) is 1. The fourth-order valence-corrected chi connectivity index (χ4v) is 3.83. The van der Waals surface area contributed by atoms with E-state index in [0.29, 0.717) is 28.4 Å². The lowest BCUT2D eigenvalue weighted by molar-refractivity contribution is -0.119. The van der Waals surface area contributed by atoms with Gasteiger partial charge < -0.3 is 23.6 Å². The van der Waals surface area contributed by atoms with Crippen LogP contribution in [0.5, 0.6) is 11.5 Å². The molecule has 31 heavy (non-hydrogen) atoms. The standard InChI is InChI=1S/C22H19N3O5S/c1-13(18-10-14-6-2-3-7-15(14)28-18)23-20(26)12-31-22-25-24-21(30-22)19-11-27-16-8-4-5-9-17(16)29-19/h2-10,13,19H,11-12H2,1H3,(H,23,26)/t13-,19+/m1/s1. The third-order valence-electron chi connectivity index (χ3n) is 4.78. The highest BCUT2D eigenvalue weighted by atomic mass is 32.2. The Morgan fingerprint density at radius 1 is 1.13 bits per heavy atom. The Balaban J connectivity index is 1.15. The maximum atomic E-state index is 12.4. The zero-order chi connectivity index (χ0) is 21.2. The predicted molar refractivity (Wildman–Crippen MR) is 113 cm³/mol. The molecule has 2 aromatic carbocycles. The van der Waals surface area contributed by atoms with Crippen molar-refractivity contribution in [3.8, 4) is 11.5 Å². The lowest BCUT2D eigenvalue weighted by Crippen LogP contribution is -2.27. The summed E-state index contributed by atoms with van der Waals surface area (Å²) in [6.45, 7) is 2.15. The predicted octanol–water partition coefficient (Wildman–Crippen LogP) is 4.30. The third kappa shape index (κ3) is 4.22. The summed E-state index contributed by atoms with van der Waals surface area (Å²) in [6.07, 6.45) is -0.487. The van der Waals surface area contributed by atoms with E-state index in [4.69, 9.17) is 18.3 Å². The van der Waals surface area contributed by atoms with Gasteiger partial charge in [-0.3, -0.25) is 4.79 Å². The van der Waals surface area contributed by atoms with Gasteiger partial charge in [-0.05, 0) is 31.2 Å². The Morgan fingerprint density at radius 2 is 1.94 bits per heavy atom. The van der Waals surface area contributed by atoms with E-state index in [9.17, 15) is 4.79 Å². The van der Waals surface area contributed by atoms with Gasteiger partial charge in [0.2, 0.25) is 12.0 Å². The van der Waals surface area contributed by atoms with Gasteiger partial charge in [0.05, 0.1) is 11.8 Å². The number of furan rings is 1. The molecule has 1 aliphatic rings. The second kappa shape index (κ2) is 8.35. The van der Waals surface area contributed by atoms with E-state index in [2.05, 4.69) is 15.5 Å². The summed E-state index contributed by atoms with van der Waals surface area (Å²) in [7, 11) is 0. The number of thioether (sulfide) groups is 1. The number of amides is 1. The van der Waals surface area contributed by atoms with Crippen molar-refractivity contribution >= 4 is 28.6 Å². The highest BCUT2D eigenvalue weighted by molar-refractivity contribution is 7.99. The molecular weight excluding hydrogens is 418 g/mol. The minimum atomic E-state index is -0.487. The van der Waals surface area contributed by atoms with E-state index >= 15 is 0 Å². The van der Waals surface area contributed by atoms with E-state index in [1.54, 1.807) is 0 Å². The molecule has 0 radical (unpaired) electrons. The van der Waals surface area contributed by atoms with Crippen LogP contribution in [0, 0.1) is 0 Å². The van der Waals surface area contributed by atoms with Gasteiger partial charge in [0.15, 0.2) is 11.5 Å². The van der Waals surface area contributed by atoms with Crippen LogP contribution in [0.3, 0.4) is 0 Å². The number of rotatable bonds is 6. The van der Waals surface area contributed by atoms with Gasteiger partial charge in [-0.1, -0.05) is 42.1 Å². The molecular formula is C22H19N3O5S. The number of nitrogens with zero attached hydrogens (tertiary/aromatic N) is 2. The summed E-state index contributed by atoms with van der Waals surface area (Å²) in [5.74, 6) is 2.30. The van der Waals surface area contributed by atoms with Crippen molar-refractivity contribution in [3.05, 3.63) is 66.2 Å². The molecule has 3 heterocycles. The average Bonchev–Trinajstić information content (AvgIpc) is 3.44. The van der Waals surface area contributed by atoms with Crippen molar-refractivity contribution in [3.63, 3.8) is 0 Å². The summed E-state index contributed by atoms with van der Waals surface area (Å²) in [5.41, 5.74) is 0.794. The summed E-state index contributed by atoms with van der Waals surface area (Å²) < 4.78 is 23.0. The number of carbonyl (C=O) groups is 1. The maximum absolute atomic E-state index is 12.4. The summed E-state index contributed by atoms with van der Waals surface area (Å²) in [4.78, 5) is 12.4. The number of para-hydroxylation sites is 3. The number of fused-ring (bicyclic) bond motifs is 2. The largest absolute Gasteiger partial charge is 0.485 e. The van der Waals surface area contributed by atoms with Crippen LogP contribution in [-0.4, -0.2) is 28.5 Å². The number of ether oxygens (including phenoxy) is 2. The number of benzene rings is 2. The Bertz CT molecular complexity index is 1190. The lowest BCUT2D eigenvalue weighted by atomic mass is 10.2. The Kier molecular flexibility index (Phi) is 5.25. The average molecular weight is 437 g/mol. The number of aromatic nitrogens is 2. The molecule has 0 bridgehead atoms. The van der Waals surface area contributed by atoms with E-state index < -0.39 is 6.10 Å². The first-order chi connectivity index (χ1) is 15.2. The molecule has 9 heteroatoms. The molecule has 2 atom stereocenters. The minimum absolute atomic E-state index is 0.136. The van der Waals surface area contributed by atoms with Crippen molar-refractivity contribution < 1.29 is 23.1 Å². The third-order valence-corrected chi connectivity index (χ3v) is 5.60. The second-order valence-corrected chi connectivity index (χ2v) is 7.96. The van der Waals surface area contributed by atoms with Crippen LogP contribution in [0.2, 0.25) is 0 Å². The van der Waals surface area contributed by atoms with Crippen LogP contribution >= 0.6 is 11.8 Å². The molecule has 0 unspecified atom stereocenters. The van der Waals surface area contributed by atoms with Crippen LogP contribution in [0.1, 0.15) is 30.7 Å². The van der Waals surface area contributed by atoms with Gasteiger partial charge in [-0.15, -0.1) is 10.2 Å². The van der Waals surface area contributed by atoms with Crippen molar-refractivity contribution in [2.24, 2.45) is 0 Å². The van der Waals surface area contributed by atoms with E-state index in [-0.39, 0.29) is 24.3 Å². The Labute approximate surface area is 181 Å². The zero-order valence-electron chi connectivity index (χ0n) is 16.6. The Hall–Kier alpha value is -3.46. The maximum Gasteiger partial charge on any atom is 0.277 e.